The lowest BCUT2D eigenvalue weighted by Crippen LogP contribution is -2.48. The lowest BCUT2D eigenvalue weighted by atomic mass is 9.96. The molecule has 0 aromatic heterocycles. The van der Waals surface area contributed by atoms with Crippen molar-refractivity contribution in [1.29, 1.82) is 0 Å². The summed E-state index contributed by atoms with van der Waals surface area (Å²) in [6.45, 7) is 5.04. The quantitative estimate of drug-likeness (QED) is 0.866. The Morgan fingerprint density at radius 3 is 2.67 bits per heavy atom. The molecule has 1 unspecified atom stereocenters. The normalized spacial score (nSPS) is 17.7. The van der Waals surface area contributed by atoms with Crippen LogP contribution in [0.1, 0.15) is 39.5 Å². The summed E-state index contributed by atoms with van der Waals surface area (Å²) in [4.78, 5) is 26.3. The maximum absolute atomic E-state index is 13.6. The summed E-state index contributed by atoms with van der Waals surface area (Å²) in [5, 5.41) is 5.63. The number of benzene rings is 1. The van der Waals surface area contributed by atoms with Gasteiger partial charge < -0.3 is 15.5 Å². The molecule has 2 N–H and O–H groups in total. The van der Waals surface area contributed by atoms with Gasteiger partial charge in [-0.2, -0.15) is 0 Å². The lowest BCUT2D eigenvalue weighted by Gasteiger charge is -2.32. The highest BCUT2D eigenvalue weighted by Crippen LogP contribution is 2.19. The van der Waals surface area contributed by atoms with Crippen LogP contribution in [0.3, 0.4) is 0 Å². The number of hydrogen-bond donors (Lipinski definition) is 2. The largest absolute Gasteiger partial charge is 0.353 e. The second-order valence-electron chi connectivity index (χ2n) is 6.22. The molecule has 0 aliphatic carbocycles. The Morgan fingerprint density at radius 2 is 2.00 bits per heavy atom. The van der Waals surface area contributed by atoms with Crippen LogP contribution in [0.2, 0.25) is 0 Å². The van der Waals surface area contributed by atoms with Gasteiger partial charge in [0.05, 0.1) is 11.6 Å². The van der Waals surface area contributed by atoms with Gasteiger partial charge in [-0.25, -0.2) is 9.18 Å². The van der Waals surface area contributed by atoms with Crippen molar-refractivity contribution in [2.24, 2.45) is 5.92 Å². The number of nitrogens with one attached hydrogen (secondary N) is 2. The molecule has 0 saturated carbocycles. The SMILES string of the molecule is CCC(CC)NC(=O)C1CCCN(C(=O)Nc2ccccc2F)C1. The molecule has 1 heterocycles. The first kappa shape index (κ1) is 18.2. The van der Waals surface area contributed by atoms with Crippen molar-refractivity contribution in [1.82, 2.24) is 10.2 Å². The van der Waals surface area contributed by atoms with E-state index in [2.05, 4.69) is 10.6 Å². The summed E-state index contributed by atoms with van der Waals surface area (Å²) in [5.41, 5.74) is 0.158. The second kappa shape index (κ2) is 8.66. The standard InChI is InChI=1S/C18H26FN3O2/c1-3-14(4-2)20-17(23)13-8-7-11-22(12-13)18(24)21-16-10-6-5-9-15(16)19/h5-6,9-10,13-14H,3-4,7-8,11-12H2,1-2H3,(H,20,23)(H,21,24). The molecule has 6 heteroatoms. The first-order chi connectivity index (χ1) is 11.5. The number of amides is 3. The zero-order chi connectivity index (χ0) is 17.5. The van der Waals surface area contributed by atoms with Crippen molar-refractivity contribution in [3.63, 3.8) is 0 Å². The first-order valence-corrected chi connectivity index (χ1v) is 8.66. The van der Waals surface area contributed by atoms with E-state index in [1.165, 1.54) is 12.1 Å². The number of halogens is 1. The van der Waals surface area contributed by atoms with Gasteiger partial charge >= 0.3 is 6.03 Å². The van der Waals surface area contributed by atoms with Crippen LogP contribution in [0.15, 0.2) is 24.3 Å². The predicted octanol–water partition coefficient (Wildman–Crippen LogP) is 3.37. The van der Waals surface area contributed by atoms with Gasteiger partial charge in [-0.3, -0.25) is 4.79 Å². The van der Waals surface area contributed by atoms with Crippen molar-refractivity contribution in [3.05, 3.63) is 30.1 Å². The Bertz CT molecular complexity index is 575. The molecule has 0 radical (unpaired) electrons. The fourth-order valence-electron chi connectivity index (χ4n) is 2.94. The van der Waals surface area contributed by atoms with Crippen LogP contribution in [0, 0.1) is 11.7 Å². The van der Waals surface area contributed by atoms with Crippen LogP contribution in [-0.2, 0) is 4.79 Å². The number of anilines is 1. The highest BCUT2D eigenvalue weighted by atomic mass is 19.1. The van der Waals surface area contributed by atoms with E-state index in [4.69, 9.17) is 0 Å². The predicted molar refractivity (Wildman–Crippen MR) is 92.2 cm³/mol. The summed E-state index contributed by atoms with van der Waals surface area (Å²) in [6.07, 6.45) is 3.33. The Morgan fingerprint density at radius 1 is 1.29 bits per heavy atom. The number of nitrogens with zero attached hydrogens (tertiary/aromatic N) is 1. The molecular weight excluding hydrogens is 309 g/mol. The van der Waals surface area contributed by atoms with Gasteiger partial charge in [0.25, 0.3) is 0 Å². The van der Waals surface area contributed by atoms with E-state index < -0.39 is 5.82 Å². The van der Waals surface area contributed by atoms with E-state index in [0.29, 0.717) is 13.1 Å². The topological polar surface area (TPSA) is 61.4 Å². The maximum Gasteiger partial charge on any atom is 0.321 e. The lowest BCUT2D eigenvalue weighted by molar-refractivity contribution is -0.127. The second-order valence-corrected chi connectivity index (χ2v) is 6.22. The van der Waals surface area contributed by atoms with Gasteiger partial charge in [0.2, 0.25) is 5.91 Å². The number of urea groups is 1. The van der Waals surface area contributed by atoms with Crippen LogP contribution in [-0.4, -0.2) is 36.0 Å². The fraction of sp³-hybridized carbons (Fsp3) is 0.556. The van der Waals surface area contributed by atoms with E-state index in [1.54, 1.807) is 17.0 Å². The maximum atomic E-state index is 13.6. The zero-order valence-corrected chi connectivity index (χ0v) is 14.3. The van der Waals surface area contributed by atoms with E-state index >= 15 is 0 Å². The number of carbonyl (C=O) groups is 2. The van der Waals surface area contributed by atoms with Crippen LogP contribution in [0.4, 0.5) is 14.9 Å². The molecule has 5 nitrogen and oxygen atoms in total. The molecule has 1 aromatic carbocycles. The highest BCUT2D eigenvalue weighted by molar-refractivity contribution is 5.90. The molecule has 1 aliphatic heterocycles. The number of rotatable bonds is 5. The van der Waals surface area contributed by atoms with Crippen molar-refractivity contribution >= 4 is 17.6 Å². The average molecular weight is 335 g/mol. The number of likely N-dealkylation sites (tertiary alicyclic amines) is 1. The molecule has 3 amide bonds. The minimum Gasteiger partial charge on any atom is -0.353 e. The number of hydrogen-bond acceptors (Lipinski definition) is 2. The number of para-hydroxylation sites is 1. The molecular formula is C18H26FN3O2. The zero-order valence-electron chi connectivity index (χ0n) is 14.3. The molecule has 24 heavy (non-hydrogen) atoms. The van der Waals surface area contributed by atoms with E-state index in [-0.39, 0.29) is 29.6 Å². The van der Waals surface area contributed by atoms with Crippen molar-refractivity contribution in [2.45, 2.75) is 45.6 Å². The van der Waals surface area contributed by atoms with Gasteiger partial charge in [0, 0.05) is 19.1 Å². The van der Waals surface area contributed by atoms with Crippen molar-refractivity contribution in [2.75, 3.05) is 18.4 Å². The third-order valence-corrected chi connectivity index (χ3v) is 4.53. The average Bonchev–Trinajstić information content (AvgIpc) is 2.61. The van der Waals surface area contributed by atoms with Crippen LogP contribution in [0.5, 0.6) is 0 Å². The summed E-state index contributed by atoms with van der Waals surface area (Å²) < 4.78 is 13.6. The third-order valence-electron chi connectivity index (χ3n) is 4.53. The summed E-state index contributed by atoms with van der Waals surface area (Å²) >= 11 is 0. The van der Waals surface area contributed by atoms with Gasteiger partial charge in [0.15, 0.2) is 0 Å². The number of carbonyl (C=O) groups excluding carboxylic acids is 2. The summed E-state index contributed by atoms with van der Waals surface area (Å²) in [7, 11) is 0. The minimum absolute atomic E-state index is 0.00657. The van der Waals surface area contributed by atoms with Crippen molar-refractivity contribution in [3.8, 4) is 0 Å². The van der Waals surface area contributed by atoms with E-state index in [1.807, 2.05) is 13.8 Å². The molecule has 1 aromatic rings. The third kappa shape index (κ3) is 4.69. The summed E-state index contributed by atoms with van der Waals surface area (Å²) in [6, 6.07) is 5.89. The molecule has 132 valence electrons. The van der Waals surface area contributed by atoms with Gasteiger partial charge in [-0.1, -0.05) is 26.0 Å². The van der Waals surface area contributed by atoms with Crippen LogP contribution < -0.4 is 10.6 Å². The smallest absolute Gasteiger partial charge is 0.321 e. The van der Waals surface area contributed by atoms with Crippen LogP contribution in [0.25, 0.3) is 0 Å². The summed E-state index contributed by atoms with van der Waals surface area (Å²) in [5.74, 6) is -0.663. The monoisotopic (exact) mass is 335 g/mol. The molecule has 1 atom stereocenters. The van der Waals surface area contributed by atoms with E-state index in [9.17, 15) is 14.0 Å². The Kier molecular flexibility index (Phi) is 6.58. The van der Waals surface area contributed by atoms with Gasteiger partial charge in [-0.15, -0.1) is 0 Å². The molecule has 2 rings (SSSR count). The molecule has 0 spiro atoms. The van der Waals surface area contributed by atoms with Crippen LogP contribution >= 0.6 is 0 Å². The Labute approximate surface area is 142 Å². The Balaban J connectivity index is 1.93. The molecule has 1 saturated heterocycles. The molecule has 1 fully saturated rings. The van der Waals surface area contributed by atoms with Crippen molar-refractivity contribution < 1.29 is 14.0 Å². The molecule has 0 bridgehead atoms. The van der Waals surface area contributed by atoms with E-state index in [0.717, 1.165) is 25.7 Å². The fourth-order valence-corrected chi connectivity index (χ4v) is 2.94. The Hall–Kier alpha value is -2.11. The molecule has 1 aliphatic rings. The highest BCUT2D eigenvalue weighted by Gasteiger charge is 2.29. The number of piperidine rings is 1. The minimum atomic E-state index is -0.467. The van der Waals surface area contributed by atoms with Gasteiger partial charge in [-0.05, 0) is 37.8 Å². The first-order valence-electron chi connectivity index (χ1n) is 8.66. The van der Waals surface area contributed by atoms with Gasteiger partial charge in [0.1, 0.15) is 5.82 Å².